The number of halogens is 2. The highest BCUT2D eigenvalue weighted by Crippen LogP contribution is 2.29. The molecule has 0 radical (unpaired) electrons. The first-order valence-electron chi connectivity index (χ1n) is 4.61. The van der Waals surface area contributed by atoms with Crippen LogP contribution in [0.25, 0.3) is 0 Å². The van der Waals surface area contributed by atoms with Gasteiger partial charge >= 0.3 is 0 Å². The summed E-state index contributed by atoms with van der Waals surface area (Å²) in [6, 6.07) is 5.05. The number of anilines is 1. The Kier molecular flexibility index (Phi) is 3.00. The van der Waals surface area contributed by atoms with Crippen LogP contribution in [-0.4, -0.2) is 18.5 Å². The zero-order valence-corrected chi connectivity index (χ0v) is 10.3. The quantitative estimate of drug-likeness (QED) is 0.861. The maximum Gasteiger partial charge on any atom is 0.243 e. The first-order chi connectivity index (χ1) is 7.09. The van der Waals surface area contributed by atoms with E-state index in [0.717, 1.165) is 10.2 Å². The fraction of sp³-hybridized carbons (Fsp3) is 0.300. The van der Waals surface area contributed by atoms with Gasteiger partial charge in [-0.3, -0.25) is 4.79 Å². The Labute approximate surface area is 101 Å². The molecule has 3 nitrogen and oxygen atoms in total. The minimum Gasteiger partial charge on any atom is -0.320 e. The SMILES string of the molecule is NC1CCN(c2ccc(Cl)c(Br)c2)C1=O. The zero-order chi connectivity index (χ0) is 11.0. The van der Waals surface area contributed by atoms with Crippen LogP contribution in [0.5, 0.6) is 0 Å². The van der Waals surface area contributed by atoms with Gasteiger partial charge in [-0.2, -0.15) is 0 Å². The van der Waals surface area contributed by atoms with Crippen molar-refractivity contribution in [1.82, 2.24) is 0 Å². The summed E-state index contributed by atoms with van der Waals surface area (Å²) in [6.07, 6.45) is 0.707. The predicted octanol–water partition coefficient (Wildman–Crippen LogP) is 2.17. The molecule has 1 atom stereocenters. The van der Waals surface area contributed by atoms with Crippen LogP contribution >= 0.6 is 27.5 Å². The Bertz CT molecular complexity index is 410. The second-order valence-corrected chi connectivity index (χ2v) is 4.74. The third kappa shape index (κ3) is 2.02. The van der Waals surface area contributed by atoms with Crippen molar-refractivity contribution in [2.24, 2.45) is 5.73 Å². The van der Waals surface area contributed by atoms with E-state index in [1.165, 1.54) is 0 Å². The van der Waals surface area contributed by atoms with E-state index in [9.17, 15) is 4.79 Å². The van der Waals surface area contributed by atoms with Crippen LogP contribution in [0.2, 0.25) is 5.02 Å². The van der Waals surface area contributed by atoms with Gasteiger partial charge in [0.1, 0.15) is 0 Å². The first-order valence-corrected chi connectivity index (χ1v) is 5.78. The van der Waals surface area contributed by atoms with Crippen LogP contribution in [0.1, 0.15) is 6.42 Å². The van der Waals surface area contributed by atoms with Gasteiger partial charge in [0, 0.05) is 16.7 Å². The number of nitrogens with two attached hydrogens (primary N) is 1. The first kappa shape index (κ1) is 10.9. The number of benzene rings is 1. The Morgan fingerprint density at radius 1 is 1.53 bits per heavy atom. The average molecular weight is 290 g/mol. The largest absolute Gasteiger partial charge is 0.320 e. The normalized spacial score (nSPS) is 21.1. The highest BCUT2D eigenvalue weighted by atomic mass is 79.9. The standard InChI is InChI=1S/C10H10BrClN2O/c11-7-5-6(1-2-8(7)12)14-4-3-9(13)10(14)15/h1-2,5,9H,3-4,13H2. The van der Waals surface area contributed by atoms with Crippen LogP contribution in [0.4, 0.5) is 5.69 Å². The van der Waals surface area contributed by atoms with E-state index in [4.69, 9.17) is 17.3 Å². The molecule has 0 spiro atoms. The Hall–Kier alpha value is -0.580. The number of carbonyl (C=O) groups excluding carboxylic acids is 1. The molecule has 0 saturated carbocycles. The lowest BCUT2D eigenvalue weighted by Gasteiger charge is -2.16. The van der Waals surface area contributed by atoms with Crippen LogP contribution in [-0.2, 0) is 4.79 Å². The molecule has 0 aliphatic carbocycles. The van der Waals surface area contributed by atoms with Crippen LogP contribution in [0, 0.1) is 0 Å². The fourth-order valence-electron chi connectivity index (χ4n) is 1.61. The summed E-state index contributed by atoms with van der Waals surface area (Å²) in [5.41, 5.74) is 6.48. The van der Waals surface area contributed by atoms with Crippen molar-refractivity contribution in [2.45, 2.75) is 12.5 Å². The smallest absolute Gasteiger partial charge is 0.243 e. The molecule has 1 saturated heterocycles. The van der Waals surface area contributed by atoms with Crippen LogP contribution in [0.3, 0.4) is 0 Å². The molecule has 2 N–H and O–H groups in total. The van der Waals surface area contributed by atoms with Crippen molar-refractivity contribution in [2.75, 3.05) is 11.4 Å². The van der Waals surface area contributed by atoms with E-state index in [0.29, 0.717) is 18.0 Å². The summed E-state index contributed by atoms with van der Waals surface area (Å²) in [6.45, 7) is 0.675. The molecule has 1 aromatic carbocycles. The molecule has 1 aliphatic rings. The molecular weight excluding hydrogens is 279 g/mol. The Morgan fingerprint density at radius 3 is 2.80 bits per heavy atom. The molecule has 15 heavy (non-hydrogen) atoms. The van der Waals surface area contributed by atoms with Crippen LogP contribution < -0.4 is 10.6 Å². The van der Waals surface area contributed by atoms with Gasteiger partial charge in [0.15, 0.2) is 0 Å². The van der Waals surface area contributed by atoms with Crippen molar-refractivity contribution < 1.29 is 4.79 Å². The van der Waals surface area contributed by atoms with Crippen molar-refractivity contribution in [3.8, 4) is 0 Å². The van der Waals surface area contributed by atoms with E-state index < -0.39 is 0 Å². The number of hydrogen-bond acceptors (Lipinski definition) is 2. The van der Waals surface area contributed by atoms with E-state index in [1.54, 1.807) is 11.0 Å². The number of amides is 1. The summed E-state index contributed by atoms with van der Waals surface area (Å²) in [5, 5.41) is 0.634. The number of carbonyl (C=O) groups is 1. The molecular formula is C10H10BrClN2O. The number of nitrogens with zero attached hydrogens (tertiary/aromatic N) is 1. The van der Waals surface area contributed by atoms with Crippen molar-refractivity contribution in [1.29, 1.82) is 0 Å². The molecule has 1 heterocycles. The monoisotopic (exact) mass is 288 g/mol. The molecule has 5 heteroatoms. The summed E-state index contributed by atoms with van der Waals surface area (Å²) < 4.78 is 0.787. The molecule has 1 unspecified atom stereocenters. The summed E-state index contributed by atoms with van der Waals surface area (Å²) in [4.78, 5) is 13.3. The molecule has 0 aromatic heterocycles. The fourth-order valence-corrected chi connectivity index (χ4v) is 2.10. The lowest BCUT2D eigenvalue weighted by Crippen LogP contribution is -2.33. The molecule has 1 aromatic rings. The molecule has 1 fully saturated rings. The molecule has 80 valence electrons. The van der Waals surface area contributed by atoms with Gasteiger partial charge in [-0.25, -0.2) is 0 Å². The van der Waals surface area contributed by atoms with E-state index in [2.05, 4.69) is 15.9 Å². The van der Waals surface area contributed by atoms with Crippen LogP contribution in [0.15, 0.2) is 22.7 Å². The minimum absolute atomic E-state index is 0.0239. The lowest BCUT2D eigenvalue weighted by molar-refractivity contribution is -0.118. The Balaban J connectivity index is 2.31. The van der Waals surface area contributed by atoms with Gasteiger partial charge in [0.25, 0.3) is 0 Å². The predicted molar refractivity (Wildman–Crippen MR) is 64.1 cm³/mol. The van der Waals surface area contributed by atoms with Crippen molar-refractivity contribution in [3.63, 3.8) is 0 Å². The molecule has 2 rings (SSSR count). The van der Waals surface area contributed by atoms with Gasteiger partial charge in [0.05, 0.1) is 11.1 Å². The lowest BCUT2D eigenvalue weighted by atomic mass is 10.3. The maximum absolute atomic E-state index is 11.7. The van der Waals surface area contributed by atoms with E-state index in [-0.39, 0.29) is 11.9 Å². The summed E-state index contributed by atoms with van der Waals surface area (Å²) in [5.74, 6) is -0.0239. The number of hydrogen-bond donors (Lipinski definition) is 1. The molecule has 1 aliphatic heterocycles. The van der Waals surface area contributed by atoms with Crippen molar-refractivity contribution >= 4 is 39.1 Å². The van der Waals surface area contributed by atoms with Gasteiger partial charge in [0.2, 0.25) is 5.91 Å². The third-order valence-corrected chi connectivity index (χ3v) is 3.68. The topological polar surface area (TPSA) is 46.3 Å². The van der Waals surface area contributed by atoms with Gasteiger partial charge < -0.3 is 10.6 Å². The summed E-state index contributed by atoms with van der Waals surface area (Å²) >= 11 is 9.20. The minimum atomic E-state index is -0.362. The number of rotatable bonds is 1. The van der Waals surface area contributed by atoms with Crippen molar-refractivity contribution in [3.05, 3.63) is 27.7 Å². The van der Waals surface area contributed by atoms with E-state index in [1.807, 2.05) is 12.1 Å². The third-order valence-electron chi connectivity index (χ3n) is 2.46. The average Bonchev–Trinajstić information content (AvgIpc) is 2.53. The van der Waals surface area contributed by atoms with Gasteiger partial charge in [-0.15, -0.1) is 0 Å². The molecule has 0 bridgehead atoms. The Morgan fingerprint density at radius 2 is 2.27 bits per heavy atom. The maximum atomic E-state index is 11.7. The second-order valence-electron chi connectivity index (χ2n) is 3.48. The highest BCUT2D eigenvalue weighted by molar-refractivity contribution is 9.10. The second kappa shape index (κ2) is 4.12. The van der Waals surface area contributed by atoms with E-state index >= 15 is 0 Å². The highest BCUT2D eigenvalue weighted by Gasteiger charge is 2.29. The van der Waals surface area contributed by atoms with Gasteiger partial charge in [-0.1, -0.05) is 11.6 Å². The molecule has 1 amide bonds. The summed E-state index contributed by atoms with van der Waals surface area (Å²) in [7, 11) is 0. The van der Waals surface area contributed by atoms with Gasteiger partial charge in [-0.05, 0) is 40.5 Å². The zero-order valence-electron chi connectivity index (χ0n) is 7.91.